The van der Waals surface area contributed by atoms with Gasteiger partial charge >= 0.3 is 0 Å². The van der Waals surface area contributed by atoms with Crippen molar-refractivity contribution in [1.29, 1.82) is 0 Å². The average molecular weight is 290 g/mol. The number of unbranched alkanes of at least 4 members (excludes halogenated alkanes) is 4. The summed E-state index contributed by atoms with van der Waals surface area (Å²) in [6, 6.07) is 4.19. The van der Waals surface area contributed by atoms with E-state index in [0.29, 0.717) is 6.54 Å². The minimum atomic E-state index is 0.569. The monoisotopic (exact) mass is 290 g/mol. The Morgan fingerprint density at radius 2 is 1.81 bits per heavy atom. The Hall–Kier alpha value is -1.13. The van der Waals surface area contributed by atoms with Crippen molar-refractivity contribution in [2.45, 2.75) is 45.6 Å². The molecule has 1 aromatic heterocycles. The van der Waals surface area contributed by atoms with Gasteiger partial charge in [-0.05, 0) is 24.6 Å². The Labute approximate surface area is 129 Å². The summed E-state index contributed by atoms with van der Waals surface area (Å²) in [6.45, 7) is 8.60. The second-order valence-electron chi connectivity index (χ2n) is 5.97. The number of rotatable bonds is 8. The highest BCUT2D eigenvalue weighted by atomic mass is 15.3. The molecule has 0 atom stereocenters. The molecule has 21 heavy (non-hydrogen) atoms. The van der Waals surface area contributed by atoms with E-state index in [1.807, 2.05) is 6.20 Å². The summed E-state index contributed by atoms with van der Waals surface area (Å²) in [5.74, 6) is 1.09. The first kappa shape index (κ1) is 16.2. The van der Waals surface area contributed by atoms with Crippen LogP contribution in [0.15, 0.2) is 18.3 Å². The van der Waals surface area contributed by atoms with Gasteiger partial charge in [0.1, 0.15) is 5.82 Å². The topological polar surface area (TPSA) is 45.4 Å². The summed E-state index contributed by atoms with van der Waals surface area (Å²) in [5.41, 5.74) is 6.71. The van der Waals surface area contributed by atoms with Crippen LogP contribution >= 0.6 is 0 Å². The van der Waals surface area contributed by atoms with Crippen molar-refractivity contribution in [3.63, 3.8) is 0 Å². The molecule has 0 saturated carbocycles. The van der Waals surface area contributed by atoms with E-state index in [4.69, 9.17) is 5.73 Å². The maximum absolute atomic E-state index is 5.61. The minimum Gasteiger partial charge on any atom is -0.354 e. The first-order chi connectivity index (χ1) is 10.3. The highest BCUT2D eigenvalue weighted by Gasteiger charge is 2.17. The lowest BCUT2D eigenvalue weighted by Gasteiger charge is -2.35. The minimum absolute atomic E-state index is 0.569. The number of anilines is 1. The summed E-state index contributed by atoms with van der Waals surface area (Å²) >= 11 is 0. The van der Waals surface area contributed by atoms with Crippen LogP contribution in [0.1, 0.15) is 44.6 Å². The fourth-order valence-electron chi connectivity index (χ4n) is 2.86. The number of aromatic nitrogens is 1. The third-order valence-corrected chi connectivity index (χ3v) is 4.32. The SMILES string of the molecule is CCCCCCCN1CCN(c2ccc(CN)cn2)CC1. The van der Waals surface area contributed by atoms with Gasteiger partial charge in [0.05, 0.1) is 0 Å². The summed E-state index contributed by atoms with van der Waals surface area (Å²) in [5, 5.41) is 0. The van der Waals surface area contributed by atoms with Crippen LogP contribution in [0.3, 0.4) is 0 Å². The molecular formula is C17H30N4. The van der Waals surface area contributed by atoms with Crippen LogP contribution in [-0.4, -0.2) is 42.6 Å². The lowest BCUT2D eigenvalue weighted by Crippen LogP contribution is -2.46. The van der Waals surface area contributed by atoms with Gasteiger partial charge in [-0.2, -0.15) is 0 Å². The molecule has 4 nitrogen and oxygen atoms in total. The molecule has 0 spiro atoms. The lowest BCUT2D eigenvalue weighted by molar-refractivity contribution is 0.251. The fraction of sp³-hybridized carbons (Fsp3) is 0.706. The van der Waals surface area contributed by atoms with E-state index in [1.54, 1.807) is 0 Å². The van der Waals surface area contributed by atoms with Crippen LogP contribution in [0.4, 0.5) is 5.82 Å². The Morgan fingerprint density at radius 3 is 2.43 bits per heavy atom. The third kappa shape index (κ3) is 5.29. The predicted octanol–water partition coefficient (Wildman–Crippen LogP) is 2.63. The molecule has 0 amide bonds. The van der Waals surface area contributed by atoms with E-state index in [9.17, 15) is 0 Å². The Bertz CT molecular complexity index is 382. The zero-order valence-electron chi connectivity index (χ0n) is 13.4. The molecule has 0 unspecified atom stereocenters. The summed E-state index contributed by atoms with van der Waals surface area (Å²) in [7, 11) is 0. The van der Waals surface area contributed by atoms with Gasteiger partial charge in [-0.15, -0.1) is 0 Å². The van der Waals surface area contributed by atoms with Crippen molar-refractivity contribution in [3.8, 4) is 0 Å². The molecule has 2 rings (SSSR count). The Balaban J connectivity index is 1.67. The van der Waals surface area contributed by atoms with E-state index in [2.05, 4.69) is 33.8 Å². The predicted molar refractivity (Wildman–Crippen MR) is 89.5 cm³/mol. The Morgan fingerprint density at radius 1 is 1.05 bits per heavy atom. The number of hydrogen-bond acceptors (Lipinski definition) is 4. The van der Waals surface area contributed by atoms with Crippen LogP contribution < -0.4 is 10.6 Å². The zero-order valence-corrected chi connectivity index (χ0v) is 13.4. The molecule has 0 radical (unpaired) electrons. The Kier molecular flexibility index (Phi) is 6.96. The first-order valence-electron chi connectivity index (χ1n) is 8.45. The number of nitrogens with two attached hydrogens (primary N) is 1. The lowest BCUT2D eigenvalue weighted by atomic mass is 10.1. The molecule has 0 bridgehead atoms. The maximum Gasteiger partial charge on any atom is 0.128 e. The number of pyridine rings is 1. The van der Waals surface area contributed by atoms with Crippen molar-refractivity contribution >= 4 is 5.82 Å². The molecule has 118 valence electrons. The molecule has 1 aliphatic heterocycles. The average Bonchev–Trinajstić information content (AvgIpc) is 2.55. The number of hydrogen-bond donors (Lipinski definition) is 1. The second kappa shape index (κ2) is 9.00. The molecule has 4 heteroatoms. The first-order valence-corrected chi connectivity index (χ1v) is 8.45. The van der Waals surface area contributed by atoms with Crippen LogP contribution in [0.2, 0.25) is 0 Å². The molecule has 1 aliphatic rings. The van der Waals surface area contributed by atoms with Crippen LogP contribution in [-0.2, 0) is 6.54 Å². The number of piperazine rings is 1. The van der Waals surface area contributed by atoms with Gasteiger partial charge in [0.25, 0.3) is 0 Å². The van der Waals surface area contributed by atoms with E-state index >= 15 is 0 Å². The van der Waals surface area contributed by atoms with Gasteiger partial charge in [-0.1, -0.05) is 38.7 Å². The quantitative estimate of drug-likeness (QED) is 0.748. The highest BCUT2D eigenvalue weighted by Crippen LogP contribution is 2.14. The zero-order chi connectivity index (χ0) is 14.9. The van der Waals surface area contributed by atoms with E-state index < -0.39 is 0 Å². The third-order valence-electron chi connectivity index (χ3n) is 4.32. The van der Waals surface area contributed by atoms with Gasteiger partial charge in [-0.3, -0.25) is 4.90 Å². The molecule has 2 N–H and O–H groups in total. The molecule has 2 heterocycles. The van der Waals surface area contributed by atoms with Crippen LogP contribution in [0.25, 0.3) is 0 Å². The molecule has 1 saturated heterocycles. The van der Waals surface area contributed by atoms with Gasteiger partial charge in [0.15, 0.2) is 0 Å². The smallest absolute Gasteiger partial charge is 0.128 e. The van der Waals surface area contributed by atoms with Gasteiger partial charge in [-0.25, -0.2) is 4.98 Å². The van der Waals surface area contributed by atoms with Crippen molar-refractivity contribution in [1.82, 2.24) is 9.88 Å². The number of nitrogens with zero attached hydrogens (tertiary/aromatic N) is 3. The summed E-state index contributed by atoms with van der Waals surface area (Å²) in [4.78, 5) is 9.50. The maximum atomic E-state index is 5.61. The molecule has 0 aliphatic carbocycles. The standard InChI is InChI=1S/C17H30N4/c1-2-3-4-5-6-9-20-10-12-21(13-11-20)17-8-7-16(14-18)15-19-17/h7-8,15H,2-6,9-14,18H2,1H3. The van der Waals surface area contributed by atoms with Crippen molar-refractivity contribution < 1.29 is 0 Å². The van der Waals surface area contributed by atoms with E-state index in [-0.39, 0.29) is 0 Å². The van der Waals surface area contributed by atoms with Gasteiger partial charge in [0, 0.05) is 38.9 Å². The molecule has 0 aromatic carbocycles. The van der Waals surface area contributed by atoms with Crippen LogP contribution in [0.5, 0.6) is 0 Å². The molecule has 1 fully saturated rings. The van der Waals surface area contributed by atoms with E-state index in [1.165, 1.54) is 38.6 Å². The van der Waals surface area contributed by atoms with Gasteiger partial charge < -0.3 is 10.6 Å². The summed E-state index contributed by atoms with van der Waals surface area (Å²) in [6.07, 6.45) is 8.75. The highest BCUT2D eigenvalue weighted by molar-refractivity contribution is 5.39. The van der Waals surface area contributed by atoms with E-state index in [0.717, 1.165) is 37.6 Å². The largest absolute Gasteiger partial charge is 0.354 e. The normalized spacial score (nSPS) is 16.4. The van der Waals surface area contributed by atoms with Crippen LogP contribution in [0, 0.1) is 0 Å². The second-order valence-corrected chi connectivity index (χ2v) is 5.97. The fourth-order valence-corrected chi connectivity index (χ4v) is 2.86. The van der Waals surface area contributed by atoms with Crippen molar-refractivity contribution in [3.05, 3.63) is 23.9 Å². The molecular weight excluding hydrogens is 260 g/mol. The van der Waals surface area contributed by atoms with Crippen molar-refractivity contribution in [2.75, 3.05) is 37.6 Å². The molecule has 1 aromatic rings. The van der Waals surface area contributed by atoms with Gasteiger partial charge in [0.2, 0.25) is 0 Å². The summed E-state index contributed by atoms with van der Waals surface area (Å²) < 4.78 is 0. The van der Waals surface area contributed by atoms with Crippen molar-refractivity contribution in [2.24, 2.45) is 5.73 Å².